The van der Waals surface area contributed by atoms with Gasteiger partial charge >= 0.3 is 0 Å². The standard InChI is InChI=1S/C13H24.C7H14.C2H6/c1-3-7-12(8-4-1)11-13-9-5-2-6-10-13;1-7-5-3-2-4-6-7;1-2/h12-13H,1-11H2;7H,2-6H2,1H3;1-2H3. The molecule has 0 radical (unpaired) electrons. The molecule has 3 fully saturated rings. The Hall–Kier alpha value is 0. The van der Waals surface area contributed by atoms with Crippen LogP contribution >= 0.6 is 0 Å². The van der Waals surface area contributed by atoms with Crippen LogP contribution in [-0.2, 0) is 0 Å². The second-order valence-corrected chi connectivity index (χ2v) is 7.99. The Morgan fingerprint density at radius 3 is 1.09 bits per heavy atom. The van der Waals surface area contributed by atoms with E-state index >= 15 is 0 Å². The molecule has 0 aromatic rings. The lowest BCUT2D eigenvalue weighted by Crippen LogP contribution is -2.14. The first-order valence-corrected chi connectivity index (χ1v) is 10.8. The summed E-state index contributed by atoms with van der Waals surface area (Å²) in [5.74, 6) is 3.28. The number of hydrogen-bond donors (Lipinski definition) is 0. The molecule has 0 saturated heterocycles. The zero-order valence-electron chi connectivity index (χ0n) is 16.0. The van der Waals surface area contributed by atoms with Crippen molar-refractivity contribution >= 4 is 0 Å². The minimum absolute atomic E-state index is 1.04. The highest BCUT2D eigenvalue weighted by molar-refractivity contribution is 4.73. The first-order valence-electron chi connectivity index (χ1n) is 10.8. The summed E-state index contributed by atoms with van der Waals surface area (Å²) in [6.45, 7) is 6.36. The van der Waals surface area contributed by atoms with Gasteiger partial charge in [0.25, 0.3) is 0 Å². The molecule has 3 aliphatic carbocycles. The first kappa shape index (κ1) is 20.0. The molecular formula is C22H44. The van der Waals surface area contributed by atoms with E-state index in [4.69, 9.17) is 0 Å². The van der Waals surface area contributed by atoms with Gasteiger partial charge in [-0.2, -0.15) is 0 Å². The third-order valence-electron chi connectivity index (χ3n) is 6.01. The van der Waals surface area contributed by atoms with Crippen molar-refractivity contribution in [1.29, 1.82) is 0 Å². The molecule has 0 unspecified atom stereocenters. The van der Waals surface area contributed by atoms with Crippen molar-refractivity contribution in [2.45, 2.75) is 124 Å². The summed E-state index contributed by atoms with van der Waals surface area (Å²) in [5.41, 5.74) is 0. The fourth-order valence-electron chi connectivity index (χ4n) is 4.62. The Labute approximate surface area is 141 Å². The largest absolute Gasteiger partial charge is 0.0683 e. The van der Waals surface area contributed by atoms with E-state index in [0.29, 0.717) is 0 Å². The molecular weight excluding hydrogens is 264 g/mol. The smallest absolute Gasteiger partial charge is 0.0412 e. The van der Waals surface area contributed by atoms with E-state index in [1.807, 2.05) is 13.8 Å². The van der Waals surface area contributed by atoms with Crippen molar-refractivity contribution in [3.05, 3.63) is 0 Å². The third kappa shape index (κ3) is 9.21. The number of hydrogen-bond acceptors (Lipinski definition) is 0. The van der Waals surface area contributed by atoms with Crippen LogP contribution in [0.4, 0.5) is 0 Å². The van der Waals surface area contributed by atoms with Crippen LogP contribution in [0.25, 0.3) is 0 Å². The molecule has 0 amide bonds. The summed E-state index contributed by atoms with van der Waals surface area (Å²) in [6.07, 6.45) is 24.4. The van der Waals surface area contributed by atoms with Gasteiger partial charge in [0.05, 0.1) is 0 Å². The van der Waals surface area contributed by atoms with Gasteiger partial charge in [-0.15, -0.1) is 0 Å². The highest BCUT2D eigenvalue weighted by Crippen LogP contribution is 2.34. The van der Waals surface area contributed by atoms with Crippen molar-refractivity contribution in [3.8, 4) is 0 Å². The zero-order valence-corrected chi connectivity index (χ0v) is 16.0. The summed E-state index contributed by atoms with van der Waals surface area (Å²) in [6, 6.07) is 0. The molecule has 3 aliphatic rings. The van der Waals surface area contributed by atoms with Gasteiger partial charge in [-0.1, -0.05) is 117 Å². The van der Waals surface area contributed by atoms with Crippen LogP contribution < -0.4 is 0 Å². The fourth-order valence-corrected chi connectivity index (χ4v) is 4.62. The van der Waals surface area contributed by atoms with Crippen LogP contribution in [0.2, 0.25) is 0 Å². The summed E-state index contributed by atoms with van der Waals surface area (Å²) in [7, 11) is 0. The van der Waals surface area contributed by atoms with Crippen molar-refractivity contribution < 1.29 is 0 Å². The van der Waals surface area contributed by atoms with Crippen LogP contribution in [0.5, 0.6) is 0 Å². The Morgan fingerprint density at radius 2 is 0.818 bits per heavy atom. The highest BCUT2D eigenvalue weighted by atomic mass is 14.3. The third-order valence-corrected chi connectivity index (χ3v) is 6.01. The summed E-state index contributed by atoms with van der Waals surface area (Å²) in [4.78, 5) is 0. The van der Waals surface area contributed by atoms with E-state index in [0.717, 1.165) is 17.8 Å². The maximum absolute atomic E-state index is 2.36. The molecule has 132 valence electrons. The fraction of sp³-hybridized carbons (Fsp3) is 1.00. The van der Waals surface area contributed by atoms with E-state index in [2.05, 4.69) is 6.92 Å². The van der Waals surface area contributed by atoms with Gasteiger partial charge in [-0.05, 0) is 24.2 Å². The molecule has 0 spiro atoms. The van der Waals surface area contributed by atoms with Gasteiger partial charge in [0.2, 0.25) is 0 Å². The summed E-state index contributed by atoms with van der Waals surface area (Å²) in [5, 5.41) is 0. The summed E-state index contributed by atoms with van der Waals surface area (Å²) < 4.78 is 0. The molecule has 0 nitrogen and oxygen atoms in total. The Bertz CT molecular complexity index is 198. The molecule has 22 heavy (non-hydrogen) atoms. The van der Waals surface area contributed by atoms with Crippen molar-refractivity contribution in [1.82, 2.24) is 0 Å². The molecule has 0 aromatic heterocycles. The molecule has 0 N–H and O–H groups in total. The van der Waals surface area contributed by atoms with Gasteiger partial charge in [0, 0.05) is 0 Å². The quantitative estimate of drug-likeness (QED) is 0.482. The van der Waals surface area contributed by atoms with E-state index in [1.54, 1.807) is 32.1 Å². The average Bonchev–Trinajstić information content (AvgIpc) is 2.60. The van der Waals surface area contributed by atoms with Crippen molar-refractivity contribution in [2.75, 3.05) is 0 Å². The first-order chi connectivity index (χ1) is 10.8. The van der Waals surface area contributed by atoms with Crippen molar-refractivity contribution in [3.63, 3.8) is 0 Å². The maximum Gasteiger partial charge on any atom is -0.0412 e. The van der Waals surface area contributed by atoms with Gasteiger partial charge in [-0.3, -0.25) is 0 Å². The maximum atomic E-state index is 2.36. The SMILES string of the molecule is C1CCC(CC2CCCCC2)CC1.CC.CC1CCCCC1. The molecule has 0 heteroatoms. The summed E-state index contributed by atoms with van der Waals surface area (Å²) >= 11 is 0. The van der Waals surface area contributed by atoms with Crippen LogP contribution in [0.15, 0.2) is 0 Å². The highest BCUT2D eigenvalue weighted by Gasteiger charge is 2.20. The molecule has 0 atom stereocenters. The van der Waals surface area contributed by atoms with Gasteiger partial charge in [0.15, 0.2) is 0 Å². The number of rotatable bonds is 2. The molecule has 0 aromatic carbocycles. The topological polar surface area (TPSA) is 0 Å². The van der Waals surface area contributed by atoms with Crippen molar-refractivity contribution in [2.24, 2.45) is 17.8 Å². The average molecular weight is 309 g/mol. The molecule has 3 saturated carbocycles. The predicted octanol–water partition coefficient (Wildman–Crippen LogP) is 8.15. The lowest BCUT2D eigenvalue weighted by Gasteiger charge is -2.28. The lowest BCUT2D eigenvalue weighted by molar-refractivity contribution is 0.244. The van der Waals surface area contributed by atoms with Gasteiger partial charge < -0.3 is 0 Å². The van der Waals surface area contributed by atoms with Gasteiger partial charge in [-0.25, -0.2) is 0 Å². The predicted molar refractivity (Wildman–Crippen MR) is 101 cm³/mol. The Morgan fingerprint density at radius 1 is 0.500 bits per heavy atom. The Balaban J connectivity index is 0.000000228. The van der Waals surface area contributed by atoms with E-state index in [9.17, 15) is 0 Å². The van der Waals surface area contributed by atoms with E-state index < -0.39 is 0 Å². The normalized spacial score (nSPS) is 24.7. The molecule has 0 aliphatic heterocycles. The Kier molecular flexibility index (Phi) is 12.2. The molecule has 0 bridgehead atoms. The van der Waals surface area contributed by atoms with E-state index in [-0.39, 0.29) is 0 Å². The van der Waals surface area contributed by atoms with Crippen LogP contribution in [0.1, 0.15) is 124 Å². The van der Waals surface area contributed by atoms with Crippen LogP contribution in [0, 0.1) is 17.8 Å². The van der Waals surface area contributed by atoms with Crippen LogP contribution in [-0.4, -0.2) is 0 Å². The van der Waals surface area contributed by atoms with E-state index in [1.165, 1.54) is 70.6 Å². The minimum atomic E-state index is 1.04. The lowest BCUT2D eigenvalue weighted by atomic mass is 9.78. The second-order valence-electron chi connectivity index (χ2n) is 7.99. The monoisotopic (exact) mass is 308 g/mol. The zero-order chi connectivity index (χ0) is 16.0. The van der Waals surface area contributed by atoms with Crippen LogP contribution in [0.3, 0.4) is 0 Å². The second kappa shape index (κ2) is 13.4. The van der Waals surface area contributed by atoms with Gasteiger partial charge in [0.1, 0.15) is 0 Å². The molecule has 0 heterocycles. The minimum Gasteiger partial charge on any atom is -0.0683 e. The molecule has 3 rings (SSSR count).